The van der Waals surface area contributed by atoms with Gasteiger partial charge in [0.05, 0.1) is 39.7 Å². The highest BCUT2D eigenvalue weighted by Gasteiger charge is 2.29. The molecule has 0 bridgehead atoms. The predicted molar refractivity (Wildman–Crippen MR) is 232 cm³/mol. The van der Waals surface area contributed by atoms with Crippen LogP contribution in [0.1, 0.15) is 114 Å². The molecule has 334 valence electrons. The Hall–Kier alpha value is -2.61. The van der Waals surface area contributed by atoms with Gasteiger partial charge in [0.1, 0.15) is 16.8 Å². The van der Waals surface area contributed by atoms with E-state index in [4.69, 9.17) is 14.2 Å². The number of halogens is 3. The first kappa shape index (κ1) is 53.4. The van der Waals surface area contributed by atoms with Crippen molar-refractivity contribution in [1.82, 2.24) is 34.7 Å². The summed E-state index contributed by atoms with van der Waals surface area (Å²) >= 11 is 6.59. The predicted octanol–water partition coefficient (Wildman–Crippen LogP) is 8.61. The zero-order chi connectivity index (χ0) is 44.5. The quantitative estimate of drug-likeness (QED) is 0.206. The van der Waals surface area contributed by atoms with Gasteiger partial charge in [-0.05, 0) is 139 Å². The number of aliphatic hydroxyl groups excluding tert-OH is 1. The number of ether oxygens (including phenoxy) is 3. The molecule has 16 nitrogen and oxygen atoms in total. The lowest BCUT2D eigenvalue weighted by Crippen LogP contribution is -2.42. The lowest BCUT2D eigenvalue weighted by Gasteiger charge is -2.33. The van der Waals surface area contributed by atoms with Crippen LogP contribution in [0.4, 0.5) is 14.4 Å². The number of aromatic nitrogens is 4. The van der Waals surface area contributed by atoms with Crippen molar-refractivity contribution in [3.05, 3.63) is 33.7 Å². The third-order valence-electron chi connectivity index (χ3n) is 8.08. The zero-order valence-electron chi connectivity index (χ0n) is 36.0. The van der Waals surface area contributed by atoms with E-state index in [0.29, 0.717) is 32.0 Å². The topological polar surface area (TPSA) is 189 Å². The minimum atomic E-state index is -3.19. The summed E-state index contributed by atoms with van der Waals surface area (Å²) in [6.07, 6.45) is 12.6. The summed E-state index contributed by atoms with van der Waals surface area (Å²) in [5, 5.41) is 19.8. The van der Waals surface area contributed by atoms with Crippen LogP contribution in [0.5, 0.6) is 0 Å². The summed E-state index contributed by atoms with van der Waals surface area (Å²) in [5.41, 5.74) is -1.24. The highest BCUT2D eigenvalue weighted by molar-refractivity contribution is 9.10. The van der Waals surface area contributed by atoms with Gasteiger partial charge < -0.3 is 34.0 Å². The fourth-order valence-corrected chi connectivity index (χ4v) is 5.79. The highest BCUT2D eigenvalue weighted by atomic mass is 79.9. The minimum Gasteiger partial charge on any atom is -0.444 e. The fraction of sp³-hybridized carbons (Fsp3) is 0.763. The normalized spacial score (nSPS) is 17.1. The first-order valence-corrected chi connectivity index (χ1v) is 23.7. The van der Waals surface area contributed by atoms with E-state index in [9.17, 15) is 27.9 Å². The Kier molecular flexibility index (Phi) is 22.7. The molecular formula is C38H66Br2ClN7O9S. The maximum atomic E-state index is 11.9. The molecule has 2 N–H and O–H groups in total. The van der Waals surface area contributed by atoms with E-state index in [2.05, 4.69) is 64.8 Å². The number of carbonyl (C=O) groups is 3. The van der Waals surface area contributed by atoms with Gasteiger partial charge in [0.2, 0.25) is 9.05 Å². The SMILES string of the molecule is Brc1cn[nH]c1.CC(C)(C)OC(=O)N1CCC(O)CC1.CC(C)(C)OC(=O)N1CCC(n2cc(Br)cn2)CC1.CC1CCN(C(=O)OC(C)(C)C)CC1.CS(=O)(=O)Cl. The van der Waals surface area contributed by atoms with E-state index in [1.54, 1.807) is 28.4 Å². The van der Waals surface area contributed by atoms with Gasteiger partial charge in [0.25, 0.3) is 0 Å². The van der Waals surface area contributed by atoms with Gasteiger partial charge in [-0.2, -0.15) is 10.2 Å². The number of hydrogen-bond donors (Lipinski definition) is 2. The molecule has 5 rings (SSSR count). The Morgan fingerprint density at radius 1 is 0.724 bits per heavy atom. The number of aromatic amines is 1. The molecule has 0 aromatic carbocycles. The van der Waals surface area contributed by atoms with E-state index in [1.165, 1.54) is 0 Å². The first-order chi connectivity index (χ1) is 26.5. The van der Waals surface area contributed by atoms with Crippen molar-refractivity contribution >= 4 is 69.9 Å². The van der Waals surface area contributed by atoms with Crippen LogP contribution < -0.4 is 0 Å². The van der Waals surface area contributed by atoms with Gasteiger partial charge >= 0.3 is 18.3 Å². The van der Waals surface area contributed by atoms with Crippen LogP contribution in [0.2, 0.25) is 0 Å². The van der Waals surface area contributed by atoms with Gasteiger partial charge in [-0.15, -0.1) is 0 Å². The molecule has 0 spiro atoms. The number of likely N-dealkylation sites (tertiary alicyclic amines) is 3. The van der Waals surface area contributed by atoms with Crippen molar-refractivity contribution in [2.24, 2.45) is 5.92 Å². The van der Waals surface area contributed by atoms with E-state index in [-0.39, 0.29) is 30.0 Å². The Morgan fingerprint density at radius 2 is 1.09 bits per heavy atom. The molecule has 0 atom stereocenters. The number of nitrogens with one attached hydrogen (secondary N) is 1. The van der Waals surface area contributed by atoms with Gasteiger partial charge in [-0.3, -0.25) is 9.78 Å². The third kappa shape index (κ3) is 26.5. The average Bonchev–Trinajstić information content (AvgIpc) is 3.74. The lowest BCUT2D eigenvalue weighted by atomic mass is 10.00. The molecule has 2 aromatic heterocycles. The molecule has 3 saturated heterocycles. The molecule has 3 amide bonds. The van der Waals surface area contributed by atoms with Crippen LogP contribution in [0.15, 0.2) is 33.7 Å². The summed E-state index contributed by atoms with van der Waals surface area (Å²) in [6.45, 7) is 23.5. The van der Waals surface area contributed by atoms with Gasteiger partial charge in [0, 0.05) is 62.3 Å². The number of rotatable bonds is 1. The minimum absolute atomic E-state index is 0.163. The standard InChI is InChI=1S/C13H20BrN3O2.C11H21NO2.C10H19NO3.C3H3BrN2.CH3ClO2S/c1-13(2,3)19-12(18)16-6-4-11(5-7-16)17-9-10(14)8-15-17;1-9-5-7-12(8-6-9)10(13)14-11(2,3)4;1-10(2,3)14-9(13)11-6-4-8(12)5-7-11;4-3-1-5-6-2-3;1-5(2,3)4/h8-9,11H,4-7H2,1-3H3;9H,5-8H2,1-4H3;8,12H,4-7H2,1-3H3;1-2H,(H,5,6);1H3. The second-order valence-corrected chi connectivity index (χ2v) is 22.2. The van der Waals surface area contributed by atoms with Crippen molar-refractivity contribution in [1.29, 1.82) is 0 Å². The van der Waals surface area contributed by atoms with Crippen molar-refractivity contribution in [3.8, 4) is 0 Å². The number of carbonyl (C=O) groups excluding carboxylic acids is 3. The van der Waals surface area contributed by atoms with Crippen molar-refractivity contribution < 1.29 is 42.1 Å². The van der Waals surface area contributed by atoms with Gasteiger partial charge in [-0.25, -0.2) is 22.8 Å². The van der Waals surface area contributed by atoms with Crippen LogP contribution in [-0.4, -0.2) is 135 Å². The summed E-state index contributed by atoms with van der Waals surface area (Å²) in [5.74, 6) is 0.744. The Morgan fingerprint density at radius 3 is 1.36 bits per heavy atom. The first-order valence-electron chi connectivity index (χ1n) is 19.4. The van der Waals surface area contributed by atoms with E-state index >= 15 is 0 Å². The van der Waals surface area contributed by atoms with Crippen molar-refractivity contribution in [2.45, 2.75) is 137 Å². The number of H-pyrrole nitrogens is 1. The van der Waals surface area contributed by atoms with Crippen LogP contribution in [0, 0.1) is 5.92 Å². The molecule has 3 aliphatic heterocycles. The van der Waals surface area contributed by atoms with E-state index < -0.39 is 20.3 Å². The van der Waals surface area contributed by atoms with Crippen molar-refractivity contribution in [3.63, 3.8) is 0 Å². The van der Waals surface area contributed by atoms with Crippen LogP contribution in [0.25, 0.3) is 0 Å². The highest BCUT2D eigenvalue weighted by Crippen LogP contribution is 2.25. The summed E-state index contributed by atoms with van der Waals surface area (Å²) in [6, 6.07) is 0.366. The molecule has 3 fully saturated rings. The fourth-order valence-electron chi connectivity index (χ4n) is 5.28. The van der Waals surface area contributed by atoms with Gasteiger partial charge in [-0.1, -0.05) is 6.92 Å². The molecule has 0 radical (unpaired) electrons. The van der Waals surface area contributed by atoms with E-state index in [1.807, 2.05) is 78.1 Å². The molecule has 20 heteroatoms. The lowest BCUT2D eigenvalue weighted by molar-refractivity contribution is 0.00980. The Balaban J connectivity index is 0.000000389. The Bertz CT molecular complexity index is 1550. The zero-order valence-corrected chi connectivity index (χ0v) is 40.7. The summed E-state index contributed by atoms with van der Waals surface area (Å²) < 4.78 is 38.6. The number of piperidine rings is 3. The molecule has 0 unspecified atom stereocenters. The van der Waals surface area contributed by atoms with Crippen LogP contribution in [-0.2, 0) is 23.3 Å². The summed E-state index contributed by atoms with van der Waals surface area (Å²) in [7, 11) is 1.31. The largest absolute Gasteiger partial charge is 0.444 e. The smallest absolute Gasteiger partial charge is 0.410 e. The number of nitrogens with zero attached hydrogens (tertiary/aromatic N) is 6. The Labute approximate surface area is 366 Å². The second-order valence-electron chi connectivity index (χ2n) is 17.3. The van der Waals surface area contributed by atoms with Crippen LogP contribution in [0.3, 0.4) is 0 Å². The molecule has 0 aliphatic carbocycles. The number of aliphatic hydroxyl groups is 1. The molecular weight excluding hydrogens is 926 g/mol. The van der Waals surface area contributed by atoms with Gasteiger partial charge in [0.15, 0.2) is 0 Å². The maximum absolute atomic E-state index is 11.9. The summed E-state index contributed by atoms with van der Waals surface area (Å²) in [4.78, 5) is 40.3. The molecule has 3 aliphatic rings. The van der Waals surface area contributed by atoms with Crippen LogP contribution >= 0.6 is 42.5 Å². The maximum Gasteiger partial charge on any atom is 0.410 e. The number of amides is 3. The molecule has 5 heterocycles. The van der Waals surface area contributed by atoms with Crippen molar-refractivity contribution in [2.75, 3.05) is 45.5 Å². The van der Waals surface area contributed by atoms with E-state index in [0.717, 1.165) is 73.0 Å². The molecule has 2 aromatic rings. The molecule has 0 saturated carbocycles. The number of hydrogen-bond acceptors (Lipinski definition) is 11. The second kappa shape index (κ2) is 24.6. The monoisotopic (exact) mass is 989 g/mol. The molecule has 58 heavy (non-hydrogen) atoms. The third-order valence-corrected chi connectivity index (χ3v) is 8.92. The average molecular weight is 992 g/mol.